The minimum atomic E-state index is 0.717. The minimum Gasteiger partial charge on any atom is -0.255 e. The molecule has 0 aliphatic rings. The lowest BCUT2D eigenvalue weighted by Crippen LogP contribution is -1.72. The van der Waals surface area contributed by atoms with Gasteiger partial charge in [-0.05, 0) is 19.4 Å². The molecule has 0 saturated heterocycles. The standard InChI is InChI=1S/C8H13NS/c1-4-7(3)6-8(10)9-5-2/h5-6,10H,3-4H2,1-2H3/b8-6+,9-5-. The fourth-order valence-electron chi connectivity index (χ4n) is 0.454. The fourth-order valence-corrected chi connectivity index (χ4v) is 0.752. The summed E-state index contributed by atoms with van der Waals surface area (Å²) in [7, 11) is 0. The predicted molar refractivity (Wildman–Crippen MR) is 50.7 cm³/mol. The summed E-state index contributed by atoms with van der Waals surface area (Å²) in [5.74, 6) is 0. The lowest BCUT2D eigenvalue weighted by atomic mass is 10.2. The average Bonchev–Trinajstić information content (AvgIpc) is 1.88. The van der Waals surface area contributed by atoms with Crippen molar-refractivity contribution < 1.29 is 0 Å². The molecule has 0 aromatic carbocycles. The van der Waals surface area contributed by atoms with E-state index < -0.39 is 0 Å². The maximum absolute atomic E-state index is 4.11. The zero-order valence-corrected chi connectivity index (χ0v) is 7.36. The third-order valence-corrected chi connectivity index (χ3v) is 1.29. The van der Waals surface area contributed by atoms with Crippen LogP contribution in [0.1, 0.15) is 20.3 Å². The van der Waals surface area contributed by atoms with Crippen LogP contribution >= 0.6 is 12.6 Å². The molecule has 0 spiro atoms. The van der Waals surface area contributed by atoms with Gasteiger partial charge < -0.3 is 0 Å². The van der Waals surface area contributed by atoms with Gasteiger partial charge in [0.1, 0.15) is 0 Å². The van der Waals surface area contributed by atoms with Crippen molar-refractivity contribution >= 4 is 18.8 Å². The molecule has 1 nitrogen and oxygen atoms in total. The van der Waals surface area contributed by atoms with Gasteiger partial charge in [0, 0.05) is 6.21 Å². The van der Waals surface area contributed by atoms with E-state index in [0.717, 1.165) is 12.0 Å². The molecule has 10 heavy (non-hydrogen) atoms. The van der Waals surface area contributed by atoms with Gasteiger partial charge in [0.05, 0.1) is 5.03 Å². The Morgan fingerprint density at radius 2 is 2.30 bits per heavy atom. The molecule has 0 bridgehead atoms. The second kappa shape index (κ2) is 5.30. The molecule has 2 heteroatoms. The number of rotatable bonds is 3. The van der Waals surface area contributed by atoms with Gasteiger partial charge in [0.15, 0.2) is 0 Å². The molecule has 0 aliphatic heterocycles. The number of allylic oxidation sites excluding steroid dienone is 2. The molecule has 0 aromatic rings. The third-order valence-electron chi connectivity index (χ3n) is 1.05. The molecule has 56 valence electrons. The van der Waals surface area contributed by atoms with Crippen molar-refractivity contribution in [3.05, 3.63) is 23.3 Å². The number of nitrogens with zero attached hydrogens (tertiary/aromatic N) is 1. The highest BCUT2D eigenvalue weighted by molar-refractivity contribution is 7.84. The van der Waals surface area contributed by atoms with Crippen molar-refractivity contribution in [2.75, 3.05) is 0 Å². The highest BCUT2D eigenvalue weighted by Gasteiger charge is 1.85. The van der Waals surface area contributed by atoms with Crippen LogP contribution in [0.25, 0.3) is 0 Å². The summed E-state index contributed by atoms with van der Waals surface area (Å²) < 4.78 is 0. The Kier molecular flexibility index (Phi) is 5.03. The van der Waals surface area contributed by atoms with Crippen LogP contribution in [0.4, 0.5) is 0 Å². The van der Waals surface area contributed by atoms with Crippen LogP contribution in [0.2, 0.25) is 0 Å². The van der Waals surface area contributed by atoms with Gasteiger partial charge in [-0.25, -0.2) is 0 Å². The Hall–Kier alpha value is -0.500. The number of hydrogen-bond donors (Lipinski definition) is 1. The zero-order valence-electron chi connectivity index (χ0n) is 6.46. The van der Waals surface area contributed by atoms with Crippen LogP contribution in [0.15, 0.2) is 28.2 Å². The first-order valence-corrected chi connectivity index (χ1v) is 3.72. The van der Waals surface area contributed by atoms with E-state index in [4.69, 9.17) is 0 Å². The van der Waals surface area contributed by atoms with Crippen molar-refractivity contribution in [2.45, 2.75) is 20.3 Å². The van der Waals surface area contributed by atoms with E-state index in [0.29, 0.717) is 5.03 Å². The van der Waals surface area contributed by atoms with Crippen molar-refractivity contribution in [1.82, 2.24) is 0 Å². The van der Waals surface area contributed by atoms with E-state index in [2.05, 4.69) is 31.1 Å². The normalized spacial score (nSPS) is 12.5. The van der Waals surface area contributed by atoms with Gasteiger partial charge >= 0.3 is 0 Å². The van der Waals surface area contributed by atoms with E-state index in [-0.39, 0.29) is 0 Å². The van der Waals surface area contributed by atoms with Crippen LogP contribution in [0, 0.1) is 0 Å². The molecule has 0 atom stereocenters. The van der Waals surface area contributed by atoms with E-state index >= 15 is 0 Å². The Morgan fingerprint density at radius 1 is 1.70 bits per heavy atom. The molecule has 0 saturated carbocycles. The molecule has 0 aliphatic carbocycles. The largest absolute Gasteiger partial charge is 0.255 e. The monoisotopic (exact) mass is 155 g/mol. The van der Waals surface area contributed by atoms with Crippen LogP contribution in [0.3, 0.4) is 0 Å². The SMILES string of the molecule is C=C(/C=C(S)\N=C/C)CC. The third kappa shape index (κ3) is 4.39. The Morgan fingerprint density at radius 3 is 2.70 bits per heavy atom. The average molecular weight is 155 g/mol. The van der Waals surface area contributed by atoms with Crippen molar-refractivity contribution in [1.29, 1.82) is 0 Å². The summed E-state index contributed by atoms with van der Waals surface area (Å²) in [5, 5.41) is 0.717. The van der Waals surface area contributed by atoms with Crippen molar-refractivity contribution in [3.63, 3.8) is 0 Å². The molecular weight excluding hydrogens is 142 g/mol. The molecule has 0 rings (SSSR count). The second-order valence-corrected chi connectivity index (χ2v) is 2.36. The van der Waals surface area contributed by atoms with E-state index in [9.17, 15) is 0 Å². The number of thiol groups is 1. The Balaban J connectivity index is 4.02. The summed E-state index contributed by atoms with van der Waals surface area (Å²) in [6, 6.07) is 0. The minimum absolute atomic E-state index is 0.717. The van der Waals surface area contributed by atoms with Crippen LogP contribution in [0.5, 0.6) is 0 Å². The molecule has 0 radical (unpaired) electrons. The summed E-state index contributed by atoms with van der Waals surface area (Å²) in [5.41, 5.74) is 1.05. The molecular formula is C8H13NS. The Labute approximate surface area is 68.0 Å². The topological polar surface area (TPSA) is 12.4 Å². The molecule has 0 N–H and O–H groups in total. The van der Waals surface area contributed by atoms with Crippen LogP contribution < -0.4 is 0 Å². The van der Waals surface area contributed by atoms with Crippen LogP contribution in [-0.4, -0.2) is 6.21 Å². The van der Waals surface area contributed by atoms with Gasteiger partial charge in [-0.1, -0.05) is 19.1 Å². The number of hydrogen-bond acceptors (Lipinski definition) is 2. The zero-order chi connectivity index (χ0) is 7.98. The first kappa shape index (κ1) is 9.50. The maximum atomic E-state index is 4.11. The van der Waals surface area contributed by atoms with Gasteiger partial charge in [-0.15, -0.1) is 12.6 Å². The first-order chi connectivity index (χ1) is 4.70. The molecule has 0 aromatic heterocycles. The summed E-state index contributed by atoms with van der Waals surface area (Å²) >= 11 is 4.11. The number of aliphatic imine (C=N–C) groups is 1. The summed E-state index contributed by atoms with van der Waals surface area (Å²) in [6.45, 7) is 7.71. The van der Waals surface area contributed by atoms with Gasteiger partial charge in [0.25, 0.3) is 0 Å². The Bertz CT molecular complexity index is 168. The maximum Gasteiger partial charge on any atom is 0.0927 e. The predicted octanol–water partition coefficient (Wildman–Crippen LogP) is 2.81. The fraction of sp³-hybridized carbons (Fsp3) is 0.375. The molecule has 0 unspecified atom stereocenters. The van der Waals surface area contributed by atoms with E-state index in [1.54, 1.807) is 6.21 Å². The van der Waals surface area contributed by atoms with Crippen molar-refractivity contribution in [2.24, 2.45) is 4.99 Å². The highest BCUT2D eigenvalue weighted by Crippen LogP contribution is 2.07. The molecule has 0 heterocycles. The highest BCUT2D eigenvalue weighted by atomic mass is 32.1. The van der Waals surface area contributed by atoms with E-state index in [1.807, 2.05) is 13.0 Å². The van der Waals surface area contributed by atoms with Gasteiger partial charge in [0.2, 0.25) is 0 Å². The molecule has 0 fully saturated rings. The van der Waals surface area contributed by atoms with E-state index in [1.165, 1.54) is 0 Å². The summed E-state index contributed by atoms with van der Waals surface area (Å²) in [6.07, 6.45) is 4.52. The quantitative estimate of drug-likeness (QED) is 0.365. The summed E-state index contributed by atoms with van der Waals surface area (Å²) in [4.78, 5) is 3.95. The lowest BCUT2D eigenvalue weighted by Gasteiger charge is -1.92. The van der Waals surface area contributed by atoms with Gasteiger partial charge in [-0.3, -0.25) is 4.99 Å². The van der Waals surface area contributed by atoms with Crippen LogP contribution in [-0.2, 0) is 0 Å². The first-order valence-electron chi connectivity index (χ1n) is 3.27. The lowest BCUT2D eigenvalue weighted by molar-refractivity contribution is 1.15. The molecule has 0 amide bonds. The second-order valence-electron chi connectivity index (χ2n) is 1.90. The van der Waals surface area contributed by atoms with Crippen molar-refractivity contribution in [3.8, 4) is 0 Å². The van der Waals surface area contributed by atoms with Gasteiger partial charge in [-0.2, -0.15) is 0 Å². The smallest absolute Gasteiger partial charge is 0.0927 e.